The zero-order valence-corrected chi connectivity index (χ0v) is 14.6. The molecule has 1 fully saturated rings. The number of Topliss-reactive ketones (excluding diaryl/α,β-unsaturated/α-hetero) is 1. The van der Waals surface area contributed by atoms with Crippen LogP contribution in [-0.2, 0) is 0 Å². The maximum Gasteiger partial charge on any atom is 0.437 e. The van der Waals surface area contributed by atoms with Crippen LogP contribution in [0, 0.1) is 12.8 Å². The normalized spacial score (nSPS) is 25.0. The van der Waals surface area contributed by atoms with Crippen molar-refractivity contribution in [2.75, 3.05) is 0 Å². The van der Waals surface area contributed by atoms with E-state index >= 15 is 0 Å². The molecule has 0 radical (unpaired) electrons. The van der Waals surface area contributed by atoms with Crippen LogP contribution >= 0.6 is 0 Å². The number of aryl methyl sites for hydroxylation is 1. The van der Waals surface area contributed by atoms with E-state index in [1.165, 1.54) is 41.7 Å². The molecule has 4 N–H and O–H groups in total. The smallest absolute Gasteiger partial charge is 0.437 e. The molecular formula is C19H17F3N2O4. The lowest BCUT2D eigenvalue weighted by molar-refractivity contribution is -0.287. The fourth-order valence-corrected chi connectivity index (χ4v) is 3.20. The van der Waals surface area contributed by atoms with Crippen molar-refractivity contribution in [2.45, 2.75) is 24.9 Å². The first-order chi connectivity index (χ1) is 13.0. The Morgan fingerprint density at radius 2 is 1.64 bits per heavy atom. The number of nitrogens with one attached hydrogen (secondary N) is 2. The first kappa shape index (κ1) is 19.7. The molecule has 2 aromatic rings. The van der Waals surface area contributed by atoms with Crippen LogP contribution in [0.25, 0.3) is 0 Å². The number of carbonyl (C=O) groups is 2. The molecule has 28 heavy (non-hydrogen) atoms. The molecular weight excluding hydrogens is 377 g/mol. The Morgan fingerprint density at radius 3 is 2.18 bits per heavy atom. The largest absolute Gasteiger partial charge is 0.508 e. The number of aliphatic hydroxyl groups is 1. The van der Waals surface area contributed by atoms with Gasteiger partial charge in [0.05, 0.1) is 6.04 Å². The van der Waals surface area contributed by atoms with Crippen LogP contribution in [0.3, 0.4) is 0 Å². The van der Waals surface area contributed by atoms with Crippen molar-refractivity contribution >= 4 is 11.8 Å². The molecule has 2 amide bonds. The van der Waals surface area contributed by atoms with Gasteiger partial charge in [-0.05, 0) is 24.6 Å². The number of aromatic hydroxyl groups is 1. The minimum absolute atomic E-state index is 0.0417. The quantitative estimate of drug-likeness (QED) is 0.602. The van der Waals surface area contributed by atoms with Crippen LogP contribution < -0.4 is 10.6 Å². The van der Waals surface area contributed by atoms with Gasteiger partial charge in [-0.15, -0.1) is 0 Å². The number of phenols is 1. The number of hydrogen-bond donors (Lipinski definition) is 4. The number of amides is 2. The van der Waals surface area contributed by atoms with Gasteiger partial charge in [-0.25, -0.2) is 4.79 Å². The Balaban J connectivity index is 2.15. The number of ketones is 1. The van der Waals surface area contributed by atoms with E-state index in [0.717, 1.165) is 5.56 Å². The van der Waals surface area contributed by atoms with Crippen LogP contribution in [0.2, 0.25) is 0 Å². The Labute approximate surface area is 158 Å². The lowest BCUT2D eigenvalue weighted by Gasteiger charge is -2.45. The van der Waals surface area contributed by atoms with Crippen molar-refractivity contribution in [3.05, 3.63) is 65.2 Å². The molecule has 6 nitrogen and oxygen atoms in total. The summed E-state index contributed by atoms with van der Waals surface area (Å²) in [5.41, 5.74) is -2.89. The van der Waals surface area contributed by atoms with Crippen molar-refractivity contribution in [3.8, 4) is 5.75 Å². The Bertz CT molecular complexity index is 897. The van der Waals surface area contributed by atoms with Crippen LogP contribution in [0.1, 0.15) is 27.5 Å². The van der Waals surface area contributed by atoms with E-state index in [1.807, 2.05) is 0 Å². The van der Waals surface area contributed by atoms with Gasteiger partial charge in [0.25, 0.3) is 0 Å². The number of urea groups is 1. The minimum Gasteiger partial charge on any atom is -0.508 e. The second-order valence-corrected chi connectivity index (χ2v) is 6.64. The van der Waals surface area contributed by atoms with E-state index in [4.69, 9.17) is 0 Å². The molecule has 0 spiro atoms. The number of alkyl halides is 3. The van der Waals surface area contributed by atoms with E-state index in [0.29, 0.717) is 0 Å². The van der Waals surface area contributed by atoms with E-state index in [2.05, 4.69) is 5.32 Å². The topological polar surface area (TPSA) is 98.7 Å². The predicted molar refractivity (Wildman–Crippen MR) is 92.5 cm³/mol. The average molecular weight is 394 g/mol. The molecule has 0 saturated carbocycles. The van der Waals surface area contributed by atoms with Crippen LogP contribution in [0.4, 0.5) is 18.0 Å². The third-order valence-electron chi connectivity index (χ3n) is 4.68. The molecule has 2 aromatic carbocycles. The summed E-state index contributed by atoms with van der Waals surface area (Å²) >= 11 is 0. The highest BCUT2D eigenvalue weighted by Gasteiger charge is 2.66. The van der Waals surface area contributed by atoms with E-state index in [1.54, 1.807) is 19.1 Å². The Morgan fingerprint density at radius 1 is 1.07 bits per heavy atom. The number of rotatable bonds is 3. The Hall–Kier alpha value is -3.07. The van der Waals surface area contributed by atoms with Gasteiger partial charge in [0, 0.05) is 5.56 Å². The number of phenolic OH excluding ortho intramolecular Hbond substituents is 1. The lowest BCUT2D eigenvalue weighted by atomic mass is 9.77. The molecule has 0 aromatic heterocycles. The summed E-state index contributed by atoms with van der Waals surface area (Å²) in [7, 11) is 0. The summed E-state index contributed by atoms with van der Waals surface area (Å²) in [5.74, 6) is -3.24. The summed E-state index contributed by atoms with van der Waals surface area (Å²) in [6.45, 7) is 1.75. The number of benzene rings is 2. The molecule has 0 bridgehead atoms. The standard InChI is InChI=1S/C19H17F3N2O4/c1-10-2-4-12(5-3-10)16(26)14-15(11-6-8-13(25)9-7-11)23-17(27)24-18(14,28)19(20,21)22/h2-9,14-15,25,28H,1H3,(H2,23,24,27)/t14-,15-,18+/m1/s1. The summed E-state index contributed by atoms with van der Waals surface area (Å²) < 4.78 is 41.3. The molecule has 3 atom stereocenters. The molecule has 1 aliphatic heterocycles. The fraction of sp³-hybridized carbons (Fsp3) is 0.263. The zero-order valence-electron chi connectivity index (χ0n) is 14.6. The van der Waals surface area contributed by atoms with Crippen LogP contribution in [0.5, 0.6) is 5.75 Å². The van der Waals surface area contributed by atoms with Gasteiger partial charge in [0.15, 0.2) is 5.78 Å². The first-order valence-electron chi connectivity index (χ1n) is 8.30. The average Bonchev–Trinajstić information content (AvgIpc) is 2.61. The van der Waals surface area contributed by atoms with Crippen molar-refractivity contribution < 1.29 is 33.0 Å². The highest BCUT2D eigenvalue weighted by Crippen LogP contribution is 2.44. The number of halogens is 3. The van der Waals surface area contributed by atoms with Crippen molar-refractivity contribution in [3.63, 3.8) is 0 Å². The van der Waals surface area contributed by atoms with Gasteiger partial charge in [0.1, 0.15) is 11.7 Å². The molecule has 0 unspecified atom stereocenters. The maximum atomic E-state index is 13.8. The van der Waals surface area contributed by atoms with Gasteiger partial charge in [-0.2, -0.15) is 13.2 Å². The van der Waals surface area contributed by atoms with Crippen molar-refractivity contribution in [1.82, 2.24) is 10.6 Å². The highest BCUT2D eigenvalue weighted by molar-refractivity contribution is 6.00. The molecule has 9 heteroatoms. The molecule has 148 valence electrons. The predicted octanol–water partition coefficient (Wildman–Crippen LogP) is 2.80. The first-order valence-corrected chi connectivity index (χ1v) is 8.30. The van der Waals surface area contributed by atoms with E-state index < -0.39 is 35.7 Å². The number of hydrogen-bond acceptors (Lipinski definition) is 4. The molecule has 3 rings (SSSR count). The summed E-state index contributed by atoms with van der Waals surface area (Å²) in [6.07, 6.45) is -5.31. The van der Waals surface area contributed by atoms with Crippen LogP contribution in [0.15, 0.2) is 48.5 Å². The van der Waals surface area contributed by atoms with E-state index in [-0.39, 0.29) is 16.9 Å². The second-order valence-electron chi connectivity index (χ2n) is 6.64. The Kier molecular flexibility index (Phi) is 4.80. The second kappa shape index (κ2) is 6.83. The molecule has 0 aliphatic carbocycles. The monoisotopic (exact) mass is 394 g/mol. The zero-order chi connectivity index (χ0) is 20.7. The number of carbonyl (C=O) groups excluding carboxylic acids is 2. The minimum atomic E-state index is -5.31. The third kappa shape index (κ3) is 3.40. The third-order valence-corrected chi connectivity index (χ3v) is 4.68. The fourth-order valence-electron chi connectivity index (χ4n) is 3.20. The van der Waals surface area contributed by atoms with Gasteiger partial charge in [0.2, 0.25) is 5.72 Å². The van der Waals surface area contributed by atoms with Crippen molar-refractivity contribution in [1.29, 1.82) is 0 Å². The summed E-state index contributed by atoms with van der Waals surface area (Å²) in [4.78, 5) is 24.9. The SMILES string of the molecule is Cc1ccc(C(=O)[C@H]2[C@@H](c3ccc(O)cc3)NC(=O)N[C@@]2(O)C(F)(F)F)cc1. The van der Waals surface area contributed by atoms with Gasteiger partial charge in [-0.3, -0.25) is 4.79 Å². The van der Waals surface area contributed by atoms with E-state index in [9.17, 15) is 33.0 Å². The van der Waals surface area contributed by atoms with Crippen molar-refractivity contribution in [2.24, 2.45) is 5.92 Å². The van der Waals surface area contributed by atoms with Crippen LogP contribution in [-0.4, -0.2) is 33.9 Å². The maximum absolute atomic E-state index is 13.8. The summed E-state index contributed by atoms with van der Waals surface area (Å²) in [6, 6.07) is 8.06. The lowest BCUT2D eigenvalue weighted by Crippen LogP contribution is -2.72. The molecule has 1 aliphatic rings. The molecule has 1 saturated heterocycles. The highest BCUT2D eigenvalue weighted by atomic mass is 19.4. The van der Waals surface area contributed by atoms with Gasteiger partial charge in [-0.1, -0.05) is 42.0 Å². The molecule has 1 heterocycles. The van der Waals surface area contributed by atoms with Gasteiger partial charge < -0.3 is 20.8 Å². The summed E-state index contributed by atoms with van der Waals surface area (Å²) in [5, 5.41) is 23.6. The van der Waals surface area contributed by atoms with Gasteiger partial charge >= 0.3 is 12.2 Å².